The Balaban J connectivity index is 2.10. The van der Waals surface area contributed by atoms with Crippen LogP contribution in [0.4, 0.5) is 0 Å². The Hall–Kier alpha value is -3.25. The van der Waals surface area contributed by atoms with Crippen LogP contribution in [0.1, 0.15) is 22.5 Å². The molecule has 1 fully saturated rings. The van der Waals surface area contributed by atoms with Gasteiger partial charge in [-0.25, -0.2) is 4.79 Å². The van der Waals surface area contributed by atoms with Gasteiger partial charge < -0.3 is 20.4 Å². The number of nitrogens with zero attached hydrogens (tertiary/aromatic N) is 1. The fraction of sp³-hybridized carbons (Fsp3) is 0.278. The maximum atomic E-state index is 13.2. The highest BCUT2D eigenvalue weighted by Gasteiger charge is 2.55. The predicted octanol–water partition coefficient (Wildman–Crippen LogP) is 1.10. The van der Waals surface area contributed by atoms with E-state index in [4.69, 9.17) is 17.0 Å². The summed E-state index contributed by atoms with van der Waals surface area (Å²) in [5.41, 5.74) is -0.112. The van der Waals surface area contributed by atoms with Gasteiger partial charge in [-0.15, -0.1) is 0 Å². The van der Waals surface area contributed by atoms with Crippen molar-refractivity contribution in [2.24, 2.45) is 5.92 Å². The summed E-state index contributed by atoms with van der Waals surface area (Å²) in [5.74, 6) is -3.56. The number of thiocarbonyl (C=S) groups is 1. The van der Waals surface area contributed by atoms with E-state index in [9.17, 15) is 19.6 Å². The highest BCUT2D eigenvalue weighted by atomic mass is 32.1. The average molecular weight is 384 g/mol. The molecule has 0 saturated carbocycles. The minimum atomic E-state index is -1.90. The first-order chi connectivity index (χ1) is 12.8. The van der Waals surface area contributed by atoms with E-state index in [1.807, 2.05) is 12.1 Å². The van der Waals surface area contributed by atoms with Crippen molar-refractivity contribution in [3.63, 3.8) is 0 Å². The number of fused-ring (bicyclic) bond motifs is 1. The van der Waals surface area contributed by atoms with Crippen LogP contribution in [-0.4, -0.2) is 40.4 Å². The third-order valence-corrected chi connectivity index (χ3v) is 4.82. The lowest BCUT2D eigenvalue weighted by molar-refractivity contribution is -0.152. The summed E-state index contributed by atoms with van der Waals surface area (Å²) in [6, 6.07) is 9.02. The smallest absolute Gasteiger partial charge is 0.334 e. The Labute approximate surface area is 159 Å². The van der Waals surface area contributed by atoms with E-state index in [0.717, 1.165) is 12.6 Å². The third-order valence-electron chi connectivity index (χ3n) is 4.62. The number of aryl methyl sites for hydroxylation is 1. The minimum Gasteiger partial charge on any atom is -0.467 e. The van der Waals surface area contributed by atoms with Gasteiger partial charge >= 0.3 is 5.97 Å². The van der Waals surface area contributed by atoms with Crippen LogP contribution in [0.25, 0.3) is 10.9 Å². The molecule has 1 amide bonds. The second-order valence-corrected chi connectivity index (χ2v) is 6.65. The molecule has 27 heavy (non-hydrogen) atoms. The maximum Gasteiger partial charge on any atom is 0.334 e. The lowest BCUT2D eigenvalue weighted by Gasteiger charge is -2.38. The van der Waals surface area contributed by atoms with Crippen LogP contribution in [-0.2, 0) is 14.3 Å². The average Bonchev–Trinajstić information content (AvgIpc) is 2.96. The molecule has 2 aromatic rings. The molecule has 0 bridgehead atoms. The number of esters is 1. The number of aromatic amines is 1. The van der Waals surface area contributed by atoms with E-state index < -0.39 is 35.5 Å². The molecule has 1 aliphatic rings. The first kappa shape index (κ1) is 18.5. The Morgan fingerprint density at radius 3 is 2.74 bits per heavy atom. The number of aromatic nitrogens is 1. The van der Waals surface area contributed by atoms with E-state index in [1.54, 1.807) is 25.1 Å². The number of Topliss-reactive ketones (excluding diaryl/α,β-unsaturated/α-hetero) is 1. The van der Waals surface area contributed by atoms with E-state index in [0.29, 0.717) is 16.6 Å². The maximum absolute atomic E-state index is 13.2. The zero-order chi connectivity index (χ0) is 19.8. The number of carbonyl (C=O) groups is 3. The molecule has 3 N–H and O–H groups in total. The number of carbonyl (C=O) groups excluding carboxylic acids is 3. The highest BCUT2D eigenvalue weighted by Crippen LogP contribution is 2.31. The summed E-state index contributed by atoms with van der Waals surface area (Å²) in [6.45, 7) is 1.74. The summed E-state index contributed by atoms with van der Waals surface area (Å²) < 4.78 is 4.81. The molecule has 2 heterocycles. The summed E-state index contributed by atoms with van der Waals surface area (Å²) in [7, 11) is 1.12. The molecule has 3 rings (SSSR count). The molecule has 2 unspecified atom stereocenters. The molecule has 138 valence electrons. The van der Waals surface area contributed by atoms with Crippen molar-refractivity contribution in [3.05, 3.63) is 35.5 Å². The van der Waals surface area contributed by atoms with Gasteiger partial charge in [-0.1, -0.05) is 18.2 Å². The van der Waals surface area contributed by atoms with E-state index >= 15 is 0 Å². The molecule has 0 aliphatic carbocycles. The summed E-state index contributed by atoms with van der Waals surface area (Å²) in [5, 5.41) is 15.0. The summed E-state index contributed by atoms with van der Waals surface area (Å²) in [6.07, 6.45) is -0.464. The van der Waals surface area contributed by atoms with Gasteiger partial charge in [0.25, 0.3) is 0 Å². The Kier molecular flexibility index (Phi) is 4.68. The number of nitrogens with one attached hydrogen (secondary N) is 3. The van der Waals surface area contributed by atoms with E-state index in [-0.39, 0.29) is 5.11 Å². The molecular formula is C18H16N4O4S. The summed E-state index contributed by atoms with van der Waals surface area (Å²) in [4.78, 5) is 41.1. The molecule has 1 aromatic carbocycles. The van der Waals surface area contributed by atoms with Gasteiger partial charge in [0.1, 0.15) is 0 Å². The number of hydrogen-bond donors (Lipinski definition) is 3. The van der Waals surface area contributed by atoms with Crippen molar-refractivity contribution in [1.29, 1.82) is 5.26 Å². The second kappa shape index (κ2) is 6.81. The standard InChI is InChI=1S/C18H16N4O4S/c1-9-14(10-5-3-4-6-12(10)20-9)13(23)7-18(16(25)26-2)11(8-19)15(24)21-17(27)22-18/h3-6,11,20H,7H2,1-2H3,(H2,21,22,24,27). The van der Waals surface area contributed by atoms with Gasteiger partial charge in [0.2, 0.25) is 5.91 Å². The van der Waals surface area contributed by atoms with Crippen LogP contribution in [0.2, 0.25) is 0 Å². The number of benzene rings is 1. The largest absolute Gasteiger partial charge is 0.467 e. The molecule has 0 spiro atoms. The van der Waals surface area contributed by atoms with Gasteiger partial charge in [0.05, 0.1) is 13.2 Å². The molecule has 2 atom stereocenters. The van der Waals surface area contributed by atoms with Gasteiger partial charge in [0, 0.05) is 28.6 Å². The Morgan fingerprint density at radius 1 is 1.37 bits per heavy atom. The number of amides is 1. The van der Waals surface area contributed by atoms with Gasteiger partial charge in [-0.2, -0.15) is 5.26 Å². The third kappa shape index (κ3) is 2.94. The molecule has 1 aliphatic heterocycles. The van der Waals surface area contributed by atoms with Crippen molar-refractivity contribution < 1.29 is 19.1 Å². The van der Waals surface area contributed by atoms with Crippen LogP contribution in [0.15, 0.2) is 24.3 Å². The lowest BCUT2D eigenvalue weighted by atomic mass is 9.77. The van der Waals surface area contributed by atoms with Crippen molar-refractivity contribution in [1.82, 2.24) is 15.6 Å². The van der Waals surface area contributed by atoms with Crippen LogP contribution in [0, 0.1) is 24.2 Å². The van der Waals surface area contributed by atoms with Crippen LogP contribution in [0.5, 0.6) is 0 Å². The second-order valence-electron chi connectivity index (χ2n) is 6.24. The van der Waals surface area contributed by atoms with Crippen LogP contribution >= 0.6 is 12.2 Å². The van der Waals surface area contributed by atoms with Crippen LogP contribution < -0.4 is 10.6 Å². The quantitative estimate of drug-likeness (QED) is 0.410. The SMILES string of the molecule is COC(=O)C1(CC(=O)c2c(C)[nH]c3ccccc23)NC(=S)NC(=O)C1C#N. The highest BCUT2D eigenvalue weighted by molar-refractivity contribution is 7.80. The van der Waals surface area contributed by atoms with E-state index in [2.05, 4.69) is 15.6 Å². The van der Waals surface area contributed by atoms with Crippen LogP contribution in [0.3, 0.4) is 0 Å². The van der Waals surface area contributed by atoms with Gasteiger partial charge in [-0.05, 0) is 25.2 Å². The molecule has 1 aromatic heterocycles. The topological polar surface area (TPSA) is 124 Å². The number of ether oxygens (including phenoxy) is 1. The zero-order valence-corrected chi connectivity index (χ0v) is 15.4. The minimum absolute atomic E-state index is 0.139. The normalized spacial score (nSPS) is 21.9. The number of ketones is 1. The molecule has 9 heteroatoms. The first-order valence-corrected chi connectivity index (χ1v) is 8.46. The number of hydrogen-bond acceptors (Lipinski definition) is 6. The molecule has 0 radical (unpaired) electrons. The summed E-state index contributed by atoms with van der Waals surface area (Å²) >= 11 is 4.98. The number of nitriles is 1. The Bertz CT molecular complexity index is 1020. The van der Waals surface area contributed by atoms with E-state index in [1.165, 1.54) is 0 Å². The lowest BCUT2D eigenvalue weighted by Crippen LogP contribution is -2.70. The first-order valence-electron chi connectivity index (χ1n) is 8.05. The van der Waals surface area contributed by atoms with Gasteiger partial charge in [0.15, 0.2) is 22.4 Å². The van der Waals surface area contributed by atoms with Crippen molar-refractivity contribution in [3.8, 4) is 6.07 Å². The predicted molar refractivity (Wildman–Crippen MR) is 99.7 cm³/mol. The Morgan fingerprint density at radius 2 is 2.07 bits per heavy atom. The van der Waals surface area contributed by atoms with Crippen molar-refractivity contribution in [2.75, 3.05) is 7.11 Å². The number of H-pyrrole nitrogens is 1. The van der Waals surface area contributed by atoms with Crippen molar-refractivity contribution in [2.45, 2.75) is 18.9 Å². The number of para-hydroxylation sites is 1. The fourth-order valence-electron chi connectivity index (χ4n) is 3.43. The fourth-order valence-corrected chi connectivity index (χ4v) is 3.71. The molecule has 8 nitrogen and oxygen atoms in total. The zero-order valence-electron chi connectivity index (χ0n) is 14.6. The monoisotopic (exact) mass is 384 g/mol. The van der Waals surface area contributed by atoms with Gasteiger partial charge in [-0.3, -0.25) is 9.59 Å². The molecule has 1 saturated heterocycles. The number of rotatable bonds is 4. The van der Waals surface area contributed by atoms with Crippen molar-refractivity contribution >= 4 is 45.9 Å². The molecular weight excluding hydrogens is 368 g/mol. The number of methoxy groups -OCH3 is 1.